The van der Waals surface area contributed by atoms with Gasteiger partial charge in [0, 0.05) is 34.6 Å². The van der Waals surface area contributed by atoms with Crippen LogP contribution in [0.1, 0.15) is 17.5 Å². The van der Waals surface area contributed by atoms with Crippen LogP contribution in [0.4, 0.5) is 5.69 Å². The average molecular weight is 343 g/mol. The van der Waals surface area contributed by atoms with Crippen LogP contribution in [0.5, 0.6) is 5.75 Å². The Balaban J connectivity index is 1.69. The second kappa shape index (κ2) is 6.97. The summed E-state index contributed by atoms with van der Waals surface area (Å²) < 4.78 is 5.29. The minimum Gasteiger partial charge on any atom is -0.495 e. The van der Waals surface area contributed by atoms with E-state index in [9.17, 15) is 4.79 Å². The van der Waals surface area contributed by atoms with E-state index in [0.29, 0.717) is 29.3 Å². The molecule has 24 heavy (non-hydrogen) atoms. The molecule has 0 spiro atoms. The van der Waals surface area contributed by atoms with Crippen LogP contribution in [-0.2, 0) is 11.2 Å². The Hall–Kier alpha value is -2.46. The fourth-order valence-electron chi connectivity index (χ4n) is 2.73. The van der Waals surface area contributed by atoms with E-state index in [2.05, 4.69) is 16.4 Å². The molecular formula is C19H19ClN2O2. The van der Waals surface area contributed by atoms with Crippen molar-refractivity contribution in [3.05, 3.63) is 58.7 Å². The molecule has 2 N–H and O–H groups in total. The Morgan fingerprint density at radius 2 is 2.08 bits per heavy atom. The molecule has 0 fully saturated rings. The van der Waals surface area contributed by atoms with Gasteiger partial charge in [0.1, 0.15) is 5.75 Å². The third kappa shape index (κ3) is 3.39. The summed E-state index contributed by atoms with van der Waals surface area (Å²) in [7, 11) is 1.56. The Labute approximate surface area is 145 Å². The number of rotatable bonds is 5. The summed E-state index contributed by atoms with van der Waals surface area (Å²) in [5, 5.41) is 4.68. The molecular weight excluding hydrogens is 324 g/mol. The second-order valence-electron chi connectivity index (χ2n) is 5.71. The van der Waals surface area contributed by atoms with Crippen LogP contribution in [0, 0.1) is 6.92 Å². The van der Waals surface area contributed by atoms with E-state index >= 15 is 0 Å². The summed E-state index contributed by atoms with van der Waals surface area (Å²) in [6.45, 7) is 1.89. The van der Waals surface area contributed by atoms with Crippen molar-refractivity contribution in [1.82, 2.24) is 4.98 Å². The van der Waals surface area contributed by atoms with Gasteiger partial charge in [-0.15, -0.1) is 0 Å². The second-order valence-corrected chi connectivity index (χ2v) is 6.12. The summed E-state index contributed by atoms with van der Waals surface area (Å²) in [5.74, 6) is 0.506. The molecule has 0 unspecified atom stereocenters. The Kier molecular flexibility index (Phi) is 4.76. The van der Waals surface area contributed by atoms with Crippen molar-refractivity contribution in [3.63, 3.8) is 0 Å². The van der Waals surface area contributed by atoms with E-state index in [1.807, 2.05) is 37.4 Å². The quantitative estimate of drug-likeness (QED) is 0.705. The van der Waals surface area contributed by atoms with Crippen molar-refractivity contribution in [2.24, 2.45) is 0 Å². The summed E-state index contributed by atoms with van der Waals surface area (Å²) in [6, 6.07) is 11.6. The SMILES string of the molecule is COc1cc(Cl)c(C)cc1NC(=O)CCc1c[nH]c2ccccc12. The normalized spacial score (nSPS) is 10.8. The number of carbonyl (C=O) groups is 1. The summed E-state index contributed by atoms with van der Waals surface area (Å²) in [5.41, 5.74) is 3.76. The lowest BCUT2D eigenvalue weighted by molar-refractivity contribution is -0.116. The number of hydrogen-bond acceptors (Lipinski definition) is 2. The molecule has 4 nitrogen and oxygen atoms in total. The van der Waals surface area contributed by atoms with Gasteiger partial charge in [0.15, 0.2) is 0 Å². The first kappa shape index (κ1) is 16.4. The van der Waals surface area contributed by atoms with Crippen molar-refractivity contribution in [2.45, 2.75) is 19.8 Å². The lowest BCUT2D eigenvalue weighted by Crippen LogP contribution is -2.13. The molecule has 0 bridgehead atoms. The van der Waals surface area contributed by atoms with E-state index in [-0.39, 0.29) is 5.91 Å². The first-order valence-corrected chi connectivity index (χ1v) is 8.15. The number of carbonyl (C=O) groups excluding carboxylic acids is 1. The molecule has 0 aliphatic rings. The number of aromatic nitrogens is 1. The molecule has 1 amide bonds. The standard InChI is InChI=1S/C19H19ClN2O2/c1-12-9-17(18(24-2)10-15(12)20)22-19(23)8-7-13-11-21-16-6-4-3-5-14(13)16/h3-6,9-11,21H,7-8H2,1-2H3,(H,22,23). The Bertz CT molecular complexity index is 886. The lowest BCUT2D eigenvalue weighted by Gasteiger charge is -2.12. The molecule has 0 saturated heterocycles. The van der Waals surface area contributed by atoms with Crippen LogP contribution in [0.2, 0.25) is 5.02 Å². The summed E-state index contributed by atoms with van der Waals surface area (Å²) in [4.78, 5) is 15.5. The highest BCUT2D eigenvalue weighted by Gasteiger charge is 2.11. The number of amides is 1. The number of aromatic amines is 1. The number of H-pyrrole nitrogens is 1. The van der Waals surface area contributed by atoms with Gasteiger partial charge in [-0.25, -0.2) is 0 Å². The number of anilines is 1. The number of methoxy groups -OCH3 is 1. The van der Waals surface area contributed by atoms with Gasteiger partial charge in [0.2, 0.25) is 5.91 Å². The first-order chi connectivity index (χ1) is 11.6. The molecule has 124 valence electrons. The number of hydrogen-bond donors (Lipinski definition) is 2. The van der Waals surface area contributed by atoms with Crippen LogP contribution in [0.15, 0.2) is 42.6 Å². The van der Waals surface area contributed by atoms with Gasteiger partial charge in [0.25, 0.3) is 0 Å². The van der Waals surface area contributed by atoms with Crippen molar-refractivity contribution < 1.29 is 9.53 Å². The summed E-state index contributed by atoms with van der Waals surface area (Å²) >= 11 is 6.09. The van der Waals surface area contributed by atoms with E-state index in [1.165, 1.54) is 0 Å². The Morgan fingerprint density at radius 1 is 1.29 bits per heavy atom. The molecule has 0 aliphatic heterocycles. The third-order valence-electron chi connectivity index (χ3n) is 4.05. The number of para-hydroxylation sites is 1. The molecule has 0 atom stereocenters. The number of nitrogens with one attached hydrogen (secondary N) is 2. The van der Waals surface area contributed by atoms with Gasteiger partial charge < -0.3 is 15.0 Å². The predicted molar refractivity (Wildman–Crippen MR) is 98.0 cm³/mol. The van der Waals surface area contributed by atoms with Gasteiger partial charge in [-0.2, -0.15) is 0 Å². The molecule has 5 heteroatoms. The molecule has 3 rings (SSSR count). The van der Waals surface area contributed by atoms with Crippen LogP contribution < -0.4 is 10.1 Å². The number of benzene rings is 2. The topological polar surface area (TPSA) is 54.1 Å². The minimum absolute atomic E-state index is 0.0553. The maximum absolute atomic E-state index is 12.3. The van der Waals surface area contributed by atoms with Crippen molar-refractivity contribution in [2.75, 3.05) is 12.4 Å². The highest BCUT2D eigenvalue weighted by molar-refractivity contribution is 6.31. The largest absolute Gasteiger partial charge is 0.495 e. The molecule has 2 aromatic carbocycles. The molecule has 0 radical (unpaired) electrons. The smallest absolute Gasteiger partial charge is 0.224 e. The predicted octanol–water partition coefficient (Wildman–Crippen LogP) is 4.71. The molecule has 3 aromatic rings. The van der Waals surface area contributed by atoms with Crippen molar-refractivity contribution in [3.8, 4) is 5.75 Å². The van der Waals surface area contributed by atoms with Crippen LogP contribution >= 0.6 is 11.6 Å². The zero-order valence-corrected chi connectivity index (χ0v) is 14.4. The van der Waals surface area contributed by atoms with E-state index < -0.39 is 0 Å². The van der Waals surface area contributed by atoms with Crippen LogP contribution in [0.25, 0.3) is 10.9 Å². The highest BCUT2D eigenvalue weighted by atomic mass is 35.5. The zero-order valence-electron chi connectivity index (χ0n) is 13.7. The maximum Gasteiger partial charge on any atom is 0.224 e. The molecule has 1 heterocycles. The van der Waals surface area contributed by atoms with Gasteiger partial charge in [-0.1, -0.05) is 29.8 Å². The maximum atomic E-state index is 12.3. The molecule has 1 aromatic heterocycles. The first-order valence-electron chi connectivity index (χ1n) is 7.77. The minimum atomic E-state index is -0.0553. The Morgan fingerprint density at radius 3 is 2.88 bits per heavy atom. The van der Waals surface area contributed by atoms with Crippen LogP contribution in [-0.4, -0.2) is 18.0 Å². The fourth-order valence-corrected chi connectivity index (χ4v) is 2.88. The van der Waals surface area contributed by atoms with Crippen molar-refractivity contribution >= 4 is 34.1 Å². The molecule has 0 saturated carbocycles. The zero-order chi connectivity index (χ0) is 17.1. The van der Waals surface area contributed by atoms with Gasteiger partial charge in [-0.05, 0) is 36.6 Å². The van der Waals surface area contributed by atoms with E-state index in [1.54, 1.807) is 13.2 Å². The molecule has 0 aliphatic carbocycles. The van der Waals surface area contributed by atoms with Gasteiger partial charge in [0.05, 0.1) is 12.8 Å². The number of halogens is 1. The lowest BCUT2D eigenvalue weighted by atomic mass is 10.1. The monoisotopic (exact) mass is 342 g/mol. The third-order valence-corrected chi connectivity index (χ3v) is 4.46. The average Bonchev–Trinajstić information content (AvgIpc) is 2.99. The number of aryl methyl sites for hydroxylation is 2. The summed E-state index contributed by atoms with van der Waals surface area (Å²) in [6.07, 6.45) is 3.03. The number of ether oxygens (including phenoxy) is 1. The highest BCUT2D eigenvalue weighted by Crippen LogP contribution is 2.31. The van der Waals surface area contributed by atoms with Gasteiger partial charge in [-0.3, -0.25) is 4.79 Å². The van der Waals surface area contributed by atoms with E-state index in [0.717, 1.165) is 22.0 Å². The number of fused-ring (bicyclic) bond motifs is 1. The van der Waals surface area contributed by atoms with Gasteiger partial charge >= 0.3 is 0 Å². The van der Waals surface area contributed by atoms with E-state index in [4.69, 9.17) is 16.3 Å². The van der Waals surface area contributed by atoms with Crippen LogP contribution in [0.3, 0.4) is 0 Å². The van der Waals surface area contributed by atoms with Crippen molar-refractivity contribution in [1.29, 1.82) is 0 Å². The fraction of sp³-hybridized carbons (Fsp3) is 0.211.